The number of rotatable bonds is 4. The zero-order valence-electron chi connectivity index (χ0n) is 8.24. The highest BCUT2D eigenvalue weighted by Crippen LogP contribution is 2.23. The van der Waals surface area contributed by atoms with Crippen molar-refractivity contribution in [1.29, 1.82) is 5.26 Å². The molecule has 1 atom stereocenters. The van der Waals surface area contributed by atoms with Crippen molar-refractivity contribution in [3.05, 3.63) is 11.3 Å². The standard InChI is InChI=1S/C9H13N3OS/c1-3-7(13)5-11-9-8(4-10)6(2)12-14-9/h7,11,13H,3,5H2,1-2H3/t7-/m0/s1. The number of nitrogens with zero attached hydrogens (tertiary/aromatic N) is 2. The second-order valence-corrected chi connectivity index (χ2v) is 3.80. The van der Waals surface area contributed by atoms with Crippen LogP contribution in [0.1, 0.15) is 24.6 Å². The lowest BCUT2D eigenvalue weighted by Gasteiger charge is -2.08. The smallest absolute Gasteiger partial charge is 0.127 e. The third-order valence-electron chi connectivity index (χ3n) is 1.94. The molecule has 0 saturated carbocycles. The van der Waals surface area contributed by atoms with Crippen LogP contribution in [0.5, 0.6) is 0 Å². The average molecular weight is 211 g/mol. The van der Waals surface area contributed by atoms with Gasteiger partial charge in [0.25, 0.3) is 0 Å². The summed E-state index contributed by atoms with van der Waals surface area (Å²) in [5.74, 6) is 0. The van der Waals surface area contributed by atoms with E-state index in [0.717, 1.165) is 10.7 Å². The van der Waals surface area contributed by atoms with Crippen LogP contribution in [0.2, 0.25) is 0 Å². The van der Waals surface area contributed by atoms with Gasteiger partial charge < -0.3 is 10.4 Å². The second kappa shape index (κ2) is 4.94. The first-order valence-electron chi connectivity index (χ1n) is 4.47. The van der Waals surface area contributed by atoms with E-state index in [2.05, 4.69) is 15.8 Å². The van der Waals surface area contributed by atoms with Crippen molar-refractivity contribution in [2.45, 2.75) is 26.4 Å². The maximum absolute atomic E-state index is 9.33. The highest BCUT2D eigenvalue weighted by atomic mass is 32.1. The highest BCUT2D eigenvalue weighted by Gasteiger charge is 2.10. The van der Waals surface area contributed by atoms with E-state index in [9.17, 15) is 5.11 Å². The fourth-order valence-electron chi connectivity index (χ4n) is 0.977. The molecule has 0 aliphatic carbocycles. The molecule has 0 unspecified atom stereocenters. The fraction of sp³-hybridized carbons (Fsp3) is 0.556. The lowest BCUT2D eigenvalue weighted by atomic mass is 10.2. The van der Waals surface area contributed by atoms with Crippen LogP contribution < -0.4 is 5.32 Å². The van der Waals surface area contributed by atoms with Crippen LogP contribution in [0.4, 0.5) is 5.00 Å². The fourth-order valence-corrected chi connectivity index (χ4v) is 1.73. The van der Waals surface area contributed by atoms with Gasteiger partial charge in [0.1, 0.15) is 16.6 Å². The number of nitriles is 1. The minimum Gasteiger partial charge on any atom is -0.391 e. The number of aromatic nitrogens is 1. The van der Waals surface area contributed by atoms with Gasteiger partial charge in [0, 0.05) is 6.54 Å². The molecule has 76 valence electrons. The van der Waals surface area contributed by atoms with Gasteiger partial charge >= 0.3 is 0 Å². The minimum absolute atomic E-state index is 0.371. The minimum atomic E-state index is -0.371. The van der Waals surface area contributed by atoms with Crippen molar-refractivity contribution in [3.63, 3.8) is 0 Å². The van der Waals surface area contributed by atoms with E-state index in [4.69, 9.17) is 5.26 Å². The molecule has 4 nitrogen and oxygen atoms in total. The third kappa shape index (κ3) is 2.44. The maximum atomic E-state index is 9.33. The normalized spacial score (nSPS) is 12.1. The molecule has 14 heavy (non-hydrogen) atoms. The molecular formula is C9H13N3OS. The summed E-state index contributed by atoms with van der Waals surface area (Å²) in [4.78, 5) is 0. The zero-order valence-corrected chi connectivity index (χ0v) is 9.06. The molecular weight excluding hydrogens is 198 g/mol. The summed E-state index contributed by atoms with van der Waals surface area (Å²) >= 11 is 1.26. The molecule has 1 heterocycles. The quantitative estimate of drug-likeness (QED) is 0.792. The van der Waals surface area contributed by atoms with Crippen LogP contribution in [0.25, 0.3) is 0 Å². The van der Waals surface area contributed by atoms with Crippen LogP contribution in [0.3, 0.4) is 0 Å². The lowest BCUT2D eigenvalue weighted by molar-refractivity contribution is 0.183. The first kappa shape index (κ1) is 11.0. The number of aliphatic hydroxyl groups excluding tert-OH is 1. The van der Waals surface area contributed by atoms with E-state index in [0.29, 0.717) is 18.5 Å². The molecule has 0 aliphatic heterocycles. The summed E-state index contributed by atoms with van der Waals surface area (Å²) in [6.45, 7) is 4.18. The van der Waals surface area contributed by atoms with E-state index < -0.39 is 0 Å². The first-order chi connectivity index (χ1) is 6.69. The molecule has 0 saturated heterocycles. The second-order valence-electron chi connectivity index (χ2n) is 3.03. The Hall–Kier alpha value is -1.12. The molecule has 0 bridgehead atoms. The molecule has 0 spiro atoms. The Morgan fingerprint density at radius 1 is 1.71 bits per heavy atom. The van der Waals surface area contributed by atoms with Crippen LogP contribution in [-0.4, -0.2) is 22.1 Å². The number of hydrogen-bond acceptors (Lipinski definition) is 5. The topological polar surface area (TPSA) is 68.9 Å². The van der Waals surface area contributed by atoms with Gasteiger partial charge in [-0.2, -0.15) is 9.64 Å². The van der Waals surface area contributed by atoms with Crippen molar-refractivity contribution in [2.24, 2.45) is 0 Å². The molecule has 5 heteroatoms. The number of hydrogen-bond donors (Lipinski definition) is 2. The Bertz CT molecular complexity index is 342. The van der Waals surface area contributed by atoms with E-state index >= 15 is 0 Å². The van der Waals surface area contributed by atoms with E-state index in [-0.39, 0.29) is 6.10 Å². The SMILES string of the molecule is CC[C@H](O)CNc1snc(C)c1C#N. The number of aryl methyl sites for hydroxylation is 1. The summed E-state index contributed by atoms with van der Waals surface area (Å²) in [6, 6.07) is 2.09. The Morgan fingerprint density at radius 3 is 3.00 bits per heavy atom. The third-order valence-corrected chi connectivity index (χ3v) is 2.84. The molecule has 2 N–H and O–H groups in total. The van der Waals surface area contributed by atoms with Gasteiger partial charge in [-0.05, 0) is 24.9 Å². The first-order valence-corrected chi connectivity index (χ1v) is 5.24. The predicted molar refractivity (Wildman–Crippen MR) is 56.4 cm³/mol. The zero-order chi connectivity index (χ0) is 10.6. The molecule has 0 aromatic carbocycles. The van der Waals surface area contributed by atoms with Gasteiger partial charge in [-0.3, -0.25) is 0 Å². The lowest BCUT2D eigenvalue weighted by Crippen LogP contribution is -2.17. The molecule has 0 fully saturated rings. The Labute approximate surface area is 87.4 Å². The molecule has 0 aliphatic rings. The van der Waals surface area contributed by atoms with Crippen molar-refractivity contribution in [3.8, 4) is 6.07 Å². The van der Waals surface area contributed by atoms with Gasteiger partial charge in [-0.25, -0.2) is 0 Å². The highest BCUT2D eigenvalue weighted by molar-refractivity contribution is 7.10. The van der Waals surface area contributed by atoms with Crippen LogP contribution >= 0.6 is 11.5 Å². The van der Waals surface area contributed by atoms with Gasteiger partial charge in [0.05, 0.1) is 11.8 Å². The van der Waals surface area contributed by atoms with Crippen LogP contribution in [0, 0.1) is 18.3 Å². The van der Waals surface area contributed by atoms with Gasteiger partial charge in [0.15, 0.2) is 0 Å². The summed E-state index contributed by atoms with van der Waals surface area (Å²) in [5, 5.41) is 21.9. The van der Waals surface area contributed by atoms with Gasteiger partial charge in [-0.1, -0.05) is 6.92 Å². The summed E-state index contributed by atoms with van der Waals surface area (Å²) in [6.07, 6.45) is 0.330. The Kier molecular flexibility index (Phi) is 3.86. The van der Waals surface area contributed by atoms with Crippen LogP contribution in [0.15, 0.2) is 0 Å². The summed E-state index contributed by atoms with van der Waals surface area (Å²) < 4.78 is 4.07. The molecule has 1 rings (SSSR count). The van der Waals surface area contributed by atoms with E-state index in [1.807, 2.05) is 6.92 Å². The predicted octanol–water partition coefficient (Wildman–Crippen LogP) is 1.51. The molecule has 1 aromatic rings. The molecule has 1 aromatic heterocycles. The van der Waals surface area contributed by atoms with Crippen molar-refractivity contribution in [2.75, 3.05) is 11.9 Å². The van der Waals surface area contributed by atoms with Crippen molar-refractivity contribution >= 4 is 16.5 Å². The van der Waals surface area contributed by atoms with Crippen molar-refractivity contribution in [1.82, 2.24) is 4.37 Å². The molecule has 0 amide bonds. The average Bonchev–Trinajstić information content (AvgIpc) is 2.55. The Morgan fingerprint density at radius 2 is 2.43 bits per heavy atom. The Balaban J connectivity index is 2.64. The molecule has 0 radical (unpaired) electrons. The summed E-state index contributed by atoms with van der Waals surface area (Å²) in [7, 11) is 0. The number of nitrogens with one attached hydrogen (secondary N) is 1. The van der Waals surface area contributed by atoms with E-state index in [1.54, 1.807) is 6.92 Å². The van der Waals surface area contributed by atoms with Gasteiger partial charge in [0.2, 0.25) is 0 Å². The largest absolute Gasteiger partial charge is 0.391 e. The van der Waals surface area contributed by atoms with Gasteiger partial charge in [-0.15, -0.1) is 0 Å². The monoisotopic (exact) mass is 211 g/mol. The number of aliphatic hydroxyl groups is 1. The maximum Gasteiger partial charge on any atom is 0.127 e. The van der Waals surface area contributed by atoms with Crippen LogP contribution in [-0.2, 0) is 0 Å². The van der Waals surface area contributed by atoms with E-state index in [1.165, 1.54) is 11.5 Å². The van der Waals surface area contributed by atoms with Crippen molar-refractivity contribution < 1.29 is 5.11 Å². The summed E-state index contributed by atoms with van der Waals surface area (Å²) in [5.41, 5.74) is 1.32. The number of anilines is 1.